The predicted molar refractivity (Wildman–Crippen MR) is 97.4 cm³/mol. The van der Waals surface area contributed by atoms with E-state index in [-0.39, 0.29) is 18.6 Å². The number of hydrogen-bond donors (Lipinski definition) is 1. The van der Waals surface area contributed by atoms with E-state index in [4.69, 9.17) is 4.74 Å². The van der Waals surface area contributed by atoms with Crippen molar-refractivity contribution in [3.8, 4) is 5.88 Å². The lowest BCUT2D eigenvalue weighted by Gasteiger charge is -2.15. The Morgan fingerprint density at radius 1 is 1.12 bits per heavy atom. The number of hydrogen-bond acceptors (Lipinski definition) is 4. The molecule has 0 saturated heterocycles. The molecule has 0 bridgehead atoms. The van der Waals surface area contributed by atoms with Crippen LogP contribution in [0.2, 0.25) is 0 Å². The summed E-state index contributed by atoms with van der Waals surface area (Å²) in [5, 5.41) is 3.74. The average molecular weight is 335 g/mol. The van der Waals surface area contributed by atoms with Crippen molar-refractivity contribution in [3.05, 3.63) is 66.0 Å². The van der Waals surface area contributed by atoms with E-state index in [9.17, 15) is 4.79 Å². The summed E-state index contributed by atoms with van der Waals surface area (Å²) >= 11 is 0. The van der Waals surface area contributed by atoms with Gasteiger partial charge in [0.2, 0.25) is 5.88 Å². The normalized spacial score (nSPS) is 11.9. The van der Waals surface area contributed by atoms with Crippen molar-refractivity contribution in [1.82, 2.24) is 15.3 Å². The molecular formula is C20H21N3O2. The number of aryl methyl sites for hydroxylation is 1. The highest BCUT2D eigenvalue weighted by Gasteiger charge is 2.11. The molecule has 1 heterocycles. The summed E-state index contributed by atoms with van der Waals surface area (Å²) in [6.45, 7) is 3.99. The van der Waals surface area contributed by atoms with Crippen LogP contribution in [-0.2, 0) is 11.2 Å². The first-order chi connectivity index (χ1) is 12.2. The van der Waals surface area contributed by atoms with Crippen molar-refractivity contribution < 1.29 is 9.53 Å². The molecule has 25 heavy (non-hydrogen) atoms. The van der Waals surface area contributed by atoms with Crippen LogP contribution in [0.15, 0.2) is 54.9 Å². The summed E-state index contributed by atoms with van der Waals surface area (Å²) in [5.41, 5.74) is 3.14. The molecule has 128 valence electrons. The molecule has 1 atom stereocenters. The third-order valence-electron chi connectivity index (χ3n) is 4.11. The van der Waals surface area contributed by atoms with Crippen LogP contribution in [0.4, 0.5) is 0 Å². The van der Waals surface area contributed by atoms with Gasteiger partial charge >= 0.3 is 0 Å². The van der Waals surface area contributed by atoms with Crippen LogP contribution in [0.1, 0.15) is 31.0 Å². The van der Waals surface area contributed by atoms with Crippen LogP contribution in [0.5, 0.6) is 5.88 Å². The Morgan fingerprint density at radius 2 is 1.88 bits per heavy atom. The van der Waals surface area contributed by atoms with Gasteiger partial charge in [-0.1, -0.05) is 43.3 Å². The van der Waals surface area contributed by atoms with Crippen molar-refractivity contribution in [2.24, 2.45) is 0 Å². The Labute approximate surface area is 147 Å². The van der Waals surface area contributed by atoms with Gasteiger partial charge in [-0.25, -0.2) is 9.97 Å². The van der Waals surface area contributed by atoms with Crippen LogP contribution in [0.3, 0.4) is 0 Å². The maximum atomic E-state index is 12.2. The molecule has 3 rings (SSSR count). The largest absolute Gasteiger partial charge is 0.467 e. The summed E-state index contributed by atoms with van der Waals surface area (Å²) in [4.78, 5) is 20.5. The SMILES string of the molecule is CCc1ccc(C(C)NC(=O)COc2ncnc3ccccc23)cc1. The first-order valence-electron chi connectivity index (χ1n) is 8.38. The summed E-state index contributed by atoms with van der Waals surface area (Å²) < 4.78 is 5.59. The van der Waals surface area contributed by atoms with E-state index in [2.05, 4.69) is 34.3 Å². The number of ether oxygens (including phenoxy) is 1. The summed E-state index contributed by atoms with van der Waals surface area (Å²) in [5.74, 6) is 0.232. The van der Waals surface area contributed by atoms with Crippen molar-refractivity contribution in [2.45, 2.75) is 26.3 Å². The fraction of sp³-hybridized carbons (Fsp3) is 0.250. The van der Waals surface area contributed by atoms with Gasteiger partial charge in [0.25, 0.3) is 5.91 Å². The zero-order valence-corrected chi connectivity index (χ0v) is 14.4. The zero-order valence-electron chi connectivity index (χ0n) is 14.4. The van der Waals surface area contributed by atoms with Crippen LogP contribution in [-0.4, -0.2) is 22.5 Å². The molecule has 3 aromatic rings. The molecule has 0 aliphatic carbocycles. The number of nitrogens with one attached hydrogen (secondary N) is 1. The zero-order chi connectivity index (χ0) is 17.6. The highest BCUT2D eigenvalue weighted by atomic mass is 16.5. The second-order valence-corrected chi connectivity index (χ2v) is 5.87. The quantitative estimate of drug-likeness (QED) is 0.749. The average Bonchev–Trinajstić information content (AvgIpc) is 2.66. The molecule has 2 aromatic carbocycles. The van der Waals surface area contributed by atoms with Gasteiger partial charge < -0.3 is 10.1 Å². The van der Waals surface area contributed by atoms with Crippen LogP contribution < -0.4 is 10.1 Å². The monoisotopic (exact) mass is 335 g/mol. The van der Waals surface area contributed by atoms with Gasteiger partial charge in [-0.05, 0) is 36.6 Å². The lowest BCUT2D eigenvalue weighted by molar-refractivity contribution is -0.123. The summed E-state index contributed by atoms with van der Waals surface area (Å²) in [6.07, 6.45) is 2.44. The molecule has 0 spiro atoms. The molecule has 5 heteroatoms. The minimum absolute atomic E-state index is 0.0795. The number of fused-ring (bicyclic) bond motifs is 1. The molecule has 0 aliphatic heterocycles. The Morgan fingerprint density at radius 3 is 2.64 bits per heavy atom. The van der Waals surface area contributed by atoms with E-state index >= 15 is 0 Å². The minimum atomic E-state index is -0.185. The topological polar surface area (TPSA) is 64.1 Å². The van der Waals surface area contributed by atoms with E-state index < -0.39 is 0 Å². The van der Waals surface area contributed by atoms with Crippen molar-refractivity contribution in [3.63, 3.8) is 0 Å². The second-order valence-electron chi connectivity index (χ2n) is 5.87. The molecule has 1 aromatic heterocycles. The van der Waals surface area contributed by atoms with Gasteiger partial charge in [-0.2, -0.15) is 0 Å². The maximum Gasteiger partial charge on any atom is 0.258 e. The molecule has 0 saturated carbocycles. The van der Waals surface area contributed by atoms with E-state index in [1.54, 1.807) is 0 Å². The van der Waals surface area contributed by atoms with Gasteiger partial charge in [0.1, 0.15) is 6.33 Å². The standard InChI is InChI=1S/C20H21N3O2/c1-3-15-8-10-16(11-9-15)14(2)23-19(24)12-25-20-17-6-4-5-7-18(17)21-13-22-20/h4-11,13-14H,3,12H2,1-2H3,(H,23,24). The van der Waals surface area contributed by atoms with Gasteiger partial charge in [0, 0.05) is 0 Å². The van der Waals surface area contributed by atoms with Crippen LogP contribution >= 0.6 is 0 Å². The number of benzene rings is 2. The van der Waals surface area contributed by atoms with Gasteiger partial charge in [0.15, 0.2) is 6.61 Å². The van der Waals surface area contributed by atoms with E-state index in [0.29, 0.717) is 5.88 Å². The van der Waals surface area contributed by atoms with Gasteiger partial charge in [-0.3, -0.25) is 4.79 Å². The maximum absolute atomic E-state index is 12.2. The third-order valence-corrected chi connectivity index (χ3v) is 4.11. The highest BCUT2D eigenvalue weighted by molar-refractivity contribution is 5.84. The smallest absolute Gasteiger partial charge is 0.258 e. The van der Waals surface area contributed by atoms with E-state index in [1.807, 2.05) is 43.3 Å². The fourth-order valence-electron chi connectivity index (χ4n) is 2.64. The molecule has 5 nitrogen and oxygen atoms in total. The van der Waals surface area contributed by atoms with Crippen molar-refractivity contribution in [1.29, 1.82) is 0 Å². The molecule has 0 aliphatic rings. The summed E-state index contributed by atoms with van der Waals surface area (Å²) in [7, 11) is 0. The molecule has 1 amide bonds. The number of rotatable bonds is 6. The van der Waals surface area contributed by atoms with Crippen molar-refractivity contribution >= 4 is 16.8 Å². The lowest BCUT2D eigenvalue weighted by Crippen LogP contribution is -2.31. The second kappa shape index (κ2) is 7.75. The lowest BCUT2D eigenvalue weighted by atomic mass is 10.1. The molecule has 1 unspecified atom stereocenters. The van der Waals surface area contributed by atoms with Crippen LogP contribution in [0.25, 0.3) is 10.9 Å². The number of carbonyl (C=O) groups excluding carboxylic acids is 1. The minimum Gasteiger partial charge on any atom is -0.467 e. The highest BCUT2D eigenvalue weighted by Crippen LogP contribution is 2.20. The Hall–Kier alpha value is -2.95. The number of para-hydroxylation sites is 1. The van der Waals surface area contributed by atoms with Gasteiger partial charge in [0.05, 0.1) is 16.9 Å². The first kappa shape index (κ1) is 16.9. The number of nitrogens with zero attached hydrogens (tertiary/aromatic N) is 2. The van der Waals surface area contributed by atoms with Crippen molar-refractivity contribution in [2.75, 3.05) is 6.61 Å². The van der Waals surface area contributed by atoms with Crippen LogP contribution in [0, 0.1) is 0 Å². The Bertz CT molecular complexity index is 857. The fourth-order valence-corrected chi connectivity index (χ4v) is 2.64. The third kappa shape index (κ3) is 4.12. The van der Waals surface area contributed by atoms with E-state index in [0.717, 1.165) is 22.9 Å². The van der Waals surface area contributed by atoms with Gasteiger partial charge in [-0.15, -0.1) is 0 Å². The molecule has 0 radical (unpaired) electrons. The summed E-state index contributed by atoms with van der Waals surface area (Å²) in [6, 6.07) is 15.7. The predicted octanol–water partition coefficient (Wildman–Crippen LogP) is 3.45. The Kier molecular flexibility index (Phi) is 5.23. The molecule has 1 N–H and O–H groups in total. The first-order valence-corrected chi connectivity index (χ1v) is 8.38. The Balaban J connectivity index is 1.60. The molecule has 0 fully saturated rings. The van der Waals surface area contributed by atoms with E-state index in [1.165, 1.54) is 11.9 Å². The number of aromatic nitrogens is 2. The number of carbonyl (C=O) groups is 1. The molecular weight excluding hydrogens is 314 g/mol. The number of amides is 1.